The van der Waals surface area contributed by atoms with Crippen molar-refractivity contribution < 1.29 is 9.47 Å². The molecule has 5 nitrogen and oxygen atoms in total. The standard InChI is InChI=1S/C16H21N3O2/c1-5-20-14-13(17)15(19-10-18-14)21-12-8-6-7-11(9-12)16(2,3)4/h6-10H,5,17H2,1-4H3. The fourth-order valence-corrected chi connectivity index (χ4v) is 1.84. The fraction of sp³-hybridized carbons (Fsp3) is 0.375. The third-order valence-corrected chi connectivity index (χ3v) is 3.01. The smallest absolute Gasteiger partial charge is 0.249 e. The number of rotatable bonds is 4. The second-order valence-corrected chi connectivity index (χ2v) is 5.71. The van der Waals surface area contributed by atoms with Gasteiger partial charge in [0, 0.05) is 0 Å². The molecular weight excluding hydrogens is 266 g/mol. The molecule has 21 heavy (non-hydrogen) atoms. The second kappa shape index (κ2) is 5.99. The molecule has 0 aliphatic heterocycles. The molecule has 112 valence electrons. The molecule has 2 N–H and O–H groups in total. The van der Waals surface area contributed by atoms with Crippen LogP contribution in [0.5, 0.6) is 17.5 Å². The summed E-state index contributed by atoms with van der Waals surface area (Å²) in [5.74, 6) is 1.34. The van der Waals surface area contributed by atoms with Gasteiger partial charge in [0.2, 0.25) is 11.8 Å². The molecule has 0 aliphatic carbocycles. The summed E-state index contributed by atoms with van der Waals surface area (Å²) in [5.41, 5.74) is 7.50. The first-order valence-corrected chi connectivity index (χ1v) is 6.93. The van der Waals surface area contributed by atoms with Crippen molar-refractivity contribution in [2.75, 3.05) is 12.3 Å². The molecule has 2 aromatic rings. The minimum absolute atomic E-state index is 0.0487. The zero-order valence-electron chi connectivity index (χ0n) is 12.9. The van der Waals surface area contributed by atoms with Crippen molar-refractivity contribution in [2.24, 2.45) is 0 Å². The van der Waals surface area contributed by atoms with Crippen LogP contribution in [0.1, 0.15) is 33.3 Å². The number of anilines is 1. The summed E-state index contributed by atoms with van der Waals surface area (Å²) >= 11 is 0. The molecule has 1 heterocycles. The van der Waals surface area contributed by atoms with E-state index < -0.39 is 0 Å². The number of hydrogen-bond donors (Lipinski definition) is 1. The van der Waals surface area contributed by atoms with E-state index in [-0.39, 0.29) is 5.41 Å². The predicted octanol–water partition coefficient (Wildman–Crippen LogP) is 3.55. The Balaban J connectivity index is 2.28. The van der Waals surface area contributed by atoms with E-state index in [4.69, 9.17) is 15.2 Å². The summed E-state index contributed by atoms with van der Waals surface area (Å²) in [4.78, 5) is 8.06. The van der Waals surface area contributed by atoms with Gasteiger partial charge in [-0.3, -0.25) is 0 Å². The molecule has 0 unspecified atom stereocenters. The summed E-state index contributed by atoms with van der Waals surface area (Å²) in [5, 5.41) is 0. The van der Waals surface area contributed by atoms with Crippen LogP contribution < -0.4 is 15.2 Å². The molecule has 0 radical (unpaired) electrons. The Morgan fingerprint density at radius 2 is 1.86 bits per heavy atom. The molecule has 0 saturated heterocycles. The maximum atomic E-state index is 5.97. The van der Waals surface area contributed by atoms with Crippen LogP contribution in [0.25, 0.3) is 0 Å². The number of aromatic nitrogens is 2. The van der Waals surface area contributed by atoms with Crippen LogP contribution in [0.4, 0.5) is 5.69 Å². The lowest BCUT2D eigenvalue weighted by atomic mass is 9.87. The van der Waals surface area contributed by atoms with E-state index in [1.165, 1.54) is 11.9 Å². The number of benzene rings is 1. The van der Waals surface area contributed by atoms with Gasteiger partial charge in [0.05, 0.1) is 6.61 Å². The lowest BCUT2D eigenvalue weighted by Gasteiger charge is -2.19. The third-order valence-electron chi connectivity index (χ3n) is 3.01. The van der Waals surface area contributed by atoms with Crippen LogP contribution in [0.15, 0.2) is 30.6 Å². The van der Waals surface area contributed by atoms with Gasteiger partial charge in [0.25, 0.3) is 0 Å². The van der Waals surface area contributed by atoms with E-state index in [9.17, 15) is 0 Å². The van der Waals surface area contributed by atoms with Gasteiger partial charge in [0.15, 0.2) is 5.69 Å². The SMILES string of the molecule is CCOc1ncnc(Oc2cccc(C(C)(C)C)c2)c1N. The maximum Gasteiger partial charge on any atom is 0.249 e. The van der Waals surface area contributed by atoms with Gasteiger partial charge in [-0.05, 0) is 30.0 Å². The van der Waals surface area contributed by atoms with Crippen molar-refractivity contribution >= 4 is 5.69 Å². The van der Waals surface area contributed by atoms with E-state index in [1.54, 1.807) is 0 Å². The lowest BCUT2D eigenvalue weighted by Crippen LogP contribution is -2.10. The molecule has 0 saturated carbocycles. The van der Waals surface area contributed by atoms with Crippen molar-refractivity contribution in [1.82, 2.24) is 9.97 Å². The van der Waals surface area contributed by atoms with Crippen molar-refractivity contribution in [1.29, 1.82) is 0 Å². The monoisotopic (exact) mass is 287 g/mol. The van der Waals surface area contributed by atoms with Gasteiger partial charge in [0.1, 0.15) is 12.1 Å². The Morgan fingerprint density at radius 3 is 2.52 bits per heavy atom. The molecule has 0 amide bonds. The Labute approximate surface area is 125 Å². The zero-order chi connectivity index (χ0) is 15.5. The van der Waals surface area contributed by atoms with E-state index in [2.05, 4.69) is 36.8 Å². The van der Waals surface area contributed by atoms with Crippen molar-refractivity contribution in [2.45, 2.75) is 33.1 Å². The highest BCUT2D eigenvalue weighted by Gasteiger charge is 2.15. The van der Waals surface area contributed by atoms with Crippen LogP contribution in [0.2, 0.25) is 0 Å². The van der Waals surface area contributed by atoms with Gasteiger partial charge in [-0.25, -0.2) is 0 Å². The number of nitrogens with two attached hydrogens (primary N) is 1. The van der Waals surface area contributed by atoms with E-state index in [0.717, 1.165) is 0 Å². The second-order valence-electron chi connectivity index (χ2n) is 5.71. The average molecular weight is 287 g/mol. The molecule has 2 rings (SSSR count). The molecule has 1 aromatic heterocycles. The van der Waals surface area contributed by atoms with Crippen molar-refractivity contribution in [3.05, 3.63) is 36.2 Å². The first kappa shape index (κ1) is 15.1. The molecule has 0 fully saturated rings. The number of hydrogen-bond acceptors (Lipinski definition) is 5. The lowest BCUT2D eigenvalue weighted by molar-refractivity contribution is 0.325. The minimum atomic E-state index is 0.0487. The normalized spacial score (nSPS) is 11.2. The highest BCUT2D eigenvalue weighted by Crippen LogP contribution is 2.32. The summed E-state index contributed by atoms with van der Waals surface area (Å²) in [7, 11) is 0. The van der Waals surface area contributed by atoms with Gasteiger partial charge >= 0.3 is 0 Å². The van der Waals surface area contributed by atoms with Crippen LogP contribution in [0, 0.1) is 0 Å². The zero-order valence-corrected chi connectivity index (χ0v) is 12.9. The topological polar surface area (TPSA) is 70.3 Å². The van der Waals surface area contributed by atoms with Crippen LogP contribution in [-0.4, -0.2) is 16.6 Å². The van der Waals surface area contributed by atoms with E-state index in [1.807, 2.05) is 25.1 Å². The van der Waals surface area contributed by atoms with E-state index in [0.29, 0.717) is 29.8 Å². The Bertz CT molecular complexity index is 621. The number of nitrogens with zero attached hydrogens (tertiary/aromatic N) is 2. The van der Waals surface area contributed by atoms with E-state index >= 15 is 0 Å². The first-order valence-electron chi connectivity index (χ1n) is 6.93. The molecule has 1 aromatic carbocycles. The Morgan fingerprint density at radius 1 is 1.14 bits per heavy atom. The number of ether oxygens (including phenoxy) is 2. The fourth-order valence-electron chi connectivity index (χ4n) is 1.84. The Kier molecular flexibility index (Phi) is 4.31. The van der Waals surface area contributed by atoms with Crippen LogP contribution in [-0.2, 0) is 5.41 Å². The van der Waals surface area contributed by atoms with Crippen molar-refractivity contribution in [3.8, 4) is 17.5 Å². The van der Waals surface area contributed by atoms with Crippen LogP contribution >= 0.6 is 0 Å². The summed E-state index contributed by atoms with van der Waals surface area (Å²) in [6.07, 6.45) is 1.38. The highest BCUT2D eigenvalue weighted by atomic mass is 16.5. The molecule has 0 bridgehead atoms. The molecule has 0 atom stereocenters. The summed E-state index contributed by atoms with van der Waals surface area (Å²) in [6, 6.07) is 7.89. The van der Waals surface area contributed by atoms with Gasteiger partial charge in [-0.2, -0.15) is 9.97 Å². The molecular formula is C16H21N3O2. The Hall–Kier alpha value is -2.30. The third kappa shape index (κ3) is 3.62. The quantitative estimate of drug-likeness (QED) is 0.931. The molecule has 0 spiro atoms. The van der Waals surface area contributed by atoms with Gasteiger partial charge < -0.3 is 15.2 Å². The van der Waals surface area contributed by atoms with Gasteiger partial charge in [-0.15, -0.1) is 0 Å². The average Bonchev–Trinajstić information content (AvgIpc) is 2.43. The van der Waals surface area contributed by atoms with Crippen molar-refractivity contribution in [3.63, 3.8) is 0 Å². The highest BCUT2D eigenvalue weighted by molar-refractivity contribution is 5.56. The number of nitrogen functional groups attached to an aromatic ring is 1. The minimum Gasteiger partial charge on any atom is -0.476 e. The molecule has 0 aliphatic rings. The predicted molar refractivity (Wildman–Crippen MR) is 82.8 cm³/mol. The maximum absolute atomic E-state index is 5.97. The van der Waals surface area contributed by atoms with Gasteiger partial charge in [-0.1, -0.05) is 32.9 Å². The van der Waals surface area contributed by atoms with Crippen LogP contribution in [0.3, 0.4) is 0 Å². The summed E-state index contributed by atoms with van der Waals surface area (Å²) < 4.78 is 11.1. The largest absolute Gasteiger partial charge is 0.476 e. The first-order chi connectivity index (χ1) is 9.91. The molecule has 5 heteroatoms. The summed E-state index contributed by atoms with van der Waals surface area (Å²) in [6.45, 7) is 8.81.